The van der Waals surface area contributed by atoms with Gasteiger partial charge in [0.2, 0.25) is 0 Å². The third-order valence-corrected chi connectivity index (χ3v) is 3.74. The molecule has 0 saturated carbocycles. The van der Waals surface area contributed by atoms with Crippen LogP contribution < -0.4 is 5.73 Å². The molecule has 4 heteroatoms. The molecular formula is C14H21N3O. The molecule has 0 radical (unpaired) electrons. The summed E-state index contributed by atoms with van der Waals surface area (Å²) in [5, 5.41) is 16.1. The first-order valence-corrected chi connectivity index (χ1v) is 6.31. The molecule has 2 rings (SSSR count). The van der Waals surface area contributed by atoms with Gasteiger partial charge < -0.3 is 10.8 Å². The van der Waals surface area contributed by atoms with Gasteiger partial charge in [-0.15, -0.1) is 0 Å². The van der Waals surface area contributed by atoms with Gasteiger partial charge in [0.25, 0.3) is 0 Å². The zero-order valence-corrected chi connectivity index (χ0v) is 11.2. The number of rotatable bonds is 4. The van der Waals surface area contributed by atoms with Crippen LogP contribution in [0.15, 0.2) is 24.3 Å². The highest BCUT2D eigenvalue weighted by molar-refractivity contribution is 5.81. The van der Waals surface area contributed by atoms with Gasteiger partial charge >= 0.3 is 0 Å². The second-order valence-electron chi connectivity index (χ2n) is 5.23. The SMILES string of the molecule is CC(C)C(O)(CN)Cc1nn(C)c2ccccc12. The minimum absolute atomic E-state index is 0.100. The van der Waals surface area contributed by atoms with Crippen molar-refractivity contribution in [1.29, 1.82) is 0 Å². The molecule has 0 aliphatic rings. The van der Waals surface area contributed by atoms with Crippen LogP contribution in [0.4, 0.5) is 0 Å². The molecule has 0 aliphatic carbocycles. The van der Waals surface area contributed by atoms with Gasteiger partial charge in [-0.2, -0.15) is 5.10 Å². The Morgan fingerprint density at radius 3 is 2.67 bits per heavy atom. The Morgan fingerprint density at radius 1 is 1.39 bits per heavy atom. The number of nitrogens with zero attached hydrogens (tertiary/aromatic N) is 2. The van der Waals surface area contributed by atoms with E-state index in [0.717, 1.165) is 16.6 Å². The Kier molecular flexibility index (Phi) is 3.41. The summed E-state index contributed by atoms with van der Waals surface area (Å²) in [6.07, 6.45) is 0.489. The summed E-state index contributed by atoms with van der Waals surface area (Å²) in [4.78, 5) is 0. The third-order valence-electron chi connectivity index (χ3n) is 3.74. The molecule has 98 valence electrons. The van der Waals surface area contributed by atoms with E-state index in [0.29, 0.717) is 6.42 Å². The van der Waals surface area contributed by atoms with Crippen LogP contribution in [-0.4, -0.2) is 27.0 Å². The van der Waals surface area contributed by atoms with Gasteiger partial charge in [0.15, 0.2) is 0 Å². The lowest BCUT2D eigenvalue weighted by Gasteiger charge is -2.30. The fourth-order valence-corrected chi connectivity index (χ4v) is 2.22. The number of nitrogens with two attached hydrogens (primary N) is 1. The largest absolute Gasteiger partial charge is 0.388 e. The molecule has 1 unspecified atom stereocenters. The Hall–Kier alpha value is -1.39. The number of aromatic nitrogens is 2. The molecule has 18 heavy (non-hydrogen) atoms. The molecule has 0 aliphatic heterocycles. The van der Waals surface area contributed by atoms with E-state index in [4.69, 9.17) is 5.73 Å². The standard InChI is InChI=1S/C14H21N3O/c1-10(2)14(18,9-15)8-12-11-6-4-5-7-13(11)17(3)16-12/h4-7,10,18H,8-9,15H2,1-3H3. The maximum absolute atomic E-state index is 10.5. The summed E-state index contributed by atoms with van der Waals surface area (Å²) in [5.41, 5.74) is 6.82. The van der Waals surface area contributed by atoms with Gasteiger partial charge in [0, 0.05) is 25.4 Å². The molecule has 0 spiro atoms. The summed E-state index contributed by atoms with van der Waals surface area (Å²) in [6, 6.07) is 8.05. The molecule has 1 atom stereocenters. The first kappa shape index (κ1) is 13.1. The zero-order valence-electron chi connectivity index (χ0n) is 11.2. The van der Waals surface area contributed by atoms with Crippen LogP contribution in [0.3, 0.4) is 0 Å². The Labute approximate surface area is 107 Å². The van der Waals surface area contributed by atoms with Crippen LogP contribution in [0.5, 0.6) is 0 Å². The van der Waals surface area contributed by atoms with E-state index >= 15 is 0 Å². The van der Waals surface area contributed by atoms with Crippen molar-refractivity contribution in [2.24, 2.45) is 18.7 Å². The minimum atomic E-state index is -0.892. The number of hydrogen-bond acceptors (Lipinski definition) is 3. The van der Waals surface area contributed by atoms with Crippen LogP contribution in [-0.2, 0) is 13.5 Å². The van der Waals surface area contributed by atoms with Crippen LogP contribution in [0.2, 0.25) is 0 Å². The van der Waals surface area contributed by atoms with Crippen LogP contribution in [0, 0.1) is 5.92 Å². The van der Waals surface area contributed by atoms with Crippen molar-refractivity contribution >= 4 is 10.9 Å². The normalized spacial score (nSPS) is 15.2. The lowest BCUT2D eigenvalue weighted by Crippen LogP contribution is -2.45. The summed E-state index contributed by atoms with van der Waals surface area (Å²) in [7, 11) is 1.92. The van der Waals surface area contributed by atoms with Gasteiger partial charge in [-0.1, -0.05) is 32.0 Å². The minimum Gasteiger partial charge on any atom is -0.388 e. The highest BCUT2D eigenvalue weighted by Crippen LogP contribution is 2.25. The molecule has 1 aromatic carbocycles. The molecule has 2 aromatic rings. The molecule has 0 saturated heterocycles. The number of para-hydroxylation sites is 1. The highest BCUT2D eigenvalue weighted by atomic mass is 16.3. The smallest absolute Gasteiger partial charge is 0.0848 e. The summed E-state index contributed by atoms with van der Waals surface area (Å²) in [5.74, 6) is 0.100. The number of fused-ring (bicyclic) bond motifs is 1. The Balaban J connectivity index is 2.43. The van der Waals surface area contributed by atoms with Gasteiger partial charge in [0.05, 0.1) is 16.8 Å². The first-order chi connectivity index (χ1) is 8.48. The van der Waals surface area contributed by atoms with Crippen molar-refractivity contribution in [3.63, 3.8) is 0 Å². The number of hydrogen-bond donors (Lipinski definition) is 2. The summed E-state index contributed by atoms with van der Waals surface area (Å²) >= 11 is 0. The zero-order chi connectivity index (χ0) is 13.3. The monoisotopic (exact) mass is 247 g/mol. The van der Waals surface area contributed by atoms with E-state index in [1.165, 1.54) is 0 Å². The van der Waals surface area contributed by atoms with Gasteiger partial charge in [-0.05, 0) is 12.0 Å². The highest BCUT2D eigenvalue weighted by Gasteiger charge is 2.31. The molecule has 3 N–H and O–H groups in total. The summed E-state index contributed by atoms with van der Waals surface area (Å²) in [6.45, 7) is 4.21. The van der Waals surface area contributed by atoms with Gasteiger partial charge in [0.1, 0.15) is 0 Å². The maximum Gasteiger partial charge on any atom is 0.0848 e. The fourth-order valence-electron chi connectivity index (χ4n) is 2.22. The summed E-state index contributed by atoms with van der Waals surface area (Å²) < 4.78 is 1.85. The predicted octanol–water partition coefficient (Wildman–Crippen LogP) is 1.46. The molecule has 0 amide bonds. The van der Waals surface area contributed by atoms with E-state index in [9.17, 15) is 5.11 Å². The predicted molar refractivity (Wildman–Crippen MR) is 73.3 cm³/mol. The van der Waals surface area contributed by atoms with Crippen molar-refractivity contribution in [1.82, 2.24) is 9.78 Å². The van der Waals surface area contributed by atoms with Crippen LogP contribution >= 0.6 is 0 Å². The van der Waals surface area contributed by atoms with E-state index in [1.54, 1.807) is 0 Å². The van der Waals surface area contributed by atoms with Crippen molar-refractivity contribution in [2.75, 3.05) is 6.54 Å². The van der Waals surface area contributed by atoms with Crippen molar-refractivity contribution in [3.05, 3.63) is 30.0 Å². The fraction of sp³-hybridized carbons (Fsp3) is 0.500. The Bertz CT molecular complexity index is 547. The van der Waals surface area contributed by atoms with Crippen molar-refractivity contribution in [2.45, 2.75) is 25.9 Å². The van der Waals surface area contributed by atoms with E-state index in [1.807, 2.05) is 49.8 Å². The lowest BCUT2D eigenvalue weighted by atomic mass is 9.85. The van der Waals surface area contributed by atoms with E-state index < -0.39 is 5.60 Å². The molecule has 1 heterocycles. The molecule has 1 aromatic heterocycles. The topological polar surface area (TPSA) is 64.1 Å². The van der Waals surface area contributed by atoms with Crippen LogP contribution in [0.1, 0.15) is 19.5 Å². The molecule has 0 fully saturated rings. The quantitative estimate of drug-likeness (QED) is 0.859. The Morgan fingerprint density at radius 2 is 2.06 bits per heavy atom. The van der Waals surface area contributed by atoms with E-state index in [2.05, 4.69) is 5.10 Å². The lowest BCUT2D eigenvalue weighted by molar-refractivity contribution is 0.00341. The number of benzene rings is 1. The van der Waals surface area contributed by atoms with E-state index in [-0.39, 0.29) is 12.5 Å². The van der Waals surface area contributed by atoms with Crippen molar-refractivity contribution in [3.8, 4) is 0 Å². The second-order valence-corrected chi connectivity index (χ2v) is 5.23. The molecule has 4 nitrogen and oxygen atoms in total. The average molecular weight is 247 g/mol. The molecule has 0 bridgehead atoms. The number of aryl methyl sites for hydroxylation is 1. The molecular weight excluding hydrogens is 226 g/mol. The third kappa shape index (κ3) is 2.13. The number of aliphatic hydroxyl groups is 1. The average Bonchev–Trinajstić information content (AvgIpc) is 2.66. The first-order valence-electron chi connectivity index (χ1n) is 6.31. The van der Waals surface area contributed by atoms with Crippen LogP contribution in [0.25, 0.3) is 10.9 Å². The van der Waals surface area contributed by atoms with Crippen molar-refractivity contribution < 1.29 is 5.11 Å². The van der Waals surface area contributed by atoms with Gasteiger partial charge in [-0.25, -0.2) is 0 Å². The second kappa shape index (κ2) is 4.71. The van der Waals surface area contributed by atoms with Gasteiger partial charge in [-0.3, -0.25) is 4.68 Å². The maximum atomic E-state index is 10.5.